The summed E-state index contributed by atoms with van der Waals surface area (Å²) in [6.45, 7) is 8.86. The first-order chi connectivity index (χ1) is 19.1. The number of carbonyl (C=O) groups excluding carboxylic acids is 3. The molecule has 1 unspecified atom stereocenters. The molecule has 2 amide bonds. The zero-order valence-corrected chi connectivity index (χ0v) is 23.8. The molecule has 1 aromatic carbocycles. The highest BCUT2D eigenvalue weighted by atomic mass is 19.3. The third kappa shape index (κ3) is 7.36. The molecule has 1 atom stereocenters. The maximum Gasteiger partial charge on any atom is 0.413 e. The number of benzene rings is 1. The Morgan fingerprint density at radius 2 is 1.88 bits per heavy atom. The summed E-state index contributed by atoms with van der Waals surface area (Å²) < 4.78 is 39.2. The van der Waals surface area contributed by atoms with Crippen molar-refractivity contribution in [2.75, 3.05) is 5.32 Å². The van der Waals surface area contributed by atoms with E-state index in [1.54, 1.807) is 51.1 Å². The standard InChI is InChI=1S/C29H35F2N5O5/c1-16(2)36-26(33-27(39)40-28(3,4)5)23(25(32)38)24(34-36)18-8-6-17(7-9-18)12-20(37)13-21-14-22(35-41-21)19-10-11-29(30,31)15-19/h6-9,14,16,19H,10-13,15H2,1-5H3,(H2,32,38)(H,33,39). The molecule has 2 aromatic heterocycles. The molecule has 0 saturated heterocycles. The van der Waals surface area contributed by atoms with Gasteiger partial charge in [0.05, 0.1) is 12.1 Å². The number of ether oxygens (including phenoxy) is 1. The summed E-state index contributed by atoms with van der Waals surface area (Å²) in [7, 11) is 0. The van der Waals surface area contributed by atoms with Crippen LogP contribution in [0.4, 0.5) is 19.4 Å². The molecule has 0 radical (unpaired) electrons. The Morgan fingerprint density at radius 3 is 2.44 bits per heavy atom. The van der Waals surface area contributed by atoms with Gasteiger partial charge in [-0.15, -0.1) is 0 Å². The van der Waals surface area contributed by atoms with Crippen molar-refractivity contribution in [3.63, 3.8) is 0 Å². The molecule has 1 aliphatic rings. The van der Waals surface area contributed by atoms with E-state index >= 15 is 0 Å². The van der Waals surface area contributed by atoms with Crippen molar-refractivity contribution < 1.29 is 32.4 Å². The van der Waals surface area contributed by atoms with Crippen LogP contribution in [0.15, 0.2) is 34.9 Å². The number of aromatic nitrogens is 3. The predicted octanol–water partition coefficient (Wildman–Crippen LogP) is 5.82. The van der Waals surface area contributed by atoms with Crippen molar-refractivity contribution in [2.45, 2.75) is 90.2 Å². The third-order valence-electron chi connectivity index (χ3n) is 6.66. The Hall–Kier alpha value is -4.09. The fourth-order valence-electron chi connectivity index (χ4n) is 4.84. The number of hydrogen-bond acceptors (Lipinski definition) is 7. The molecule has 3 N–H and O–H groups in total. The van der Waals surface area contributed by atoms with Gasteiger partial charge in [-0.25, -0.2) is 18.3 Å². The van der Waals surface area contributed by atoms with Gasteiger partial charge in [0.2, 0.25) is 5.92 Å². The van der Waals surface area contributed by atoms with Crippen molar-refractivity contribution in [1.29, 1.82) is 0 Å². The van der Waals surface area contributed by atoms with E-state index in [0.29, 0.717) is 29.0 Å². The lowest BCUT2D eigenvalue weighted by atomic mass is 10.0. The van der Waals surface area contributed by atoms with Crippen LogP contribution in [0.5, 0.6) is 0 Å². The highest BCUT2D eigenvalue weighted by Crippen LogP contribution is 2.43. The number of Topliss-reactive ketones (excluding diaryl/α,β-unsaturated/α-hetero) is 1. The third-order valence-corrected chi connectivity index (χ3v) is 6.66. The van der Waals surface area contributed by atoms with Gasteiger partial charge in [0, 0.05) is 42.9 Å². The minimum atomic E-state index is -2.69. The number of rotatable bonds is 9. The average Bonchev–Trinajstić information content (AvgIpc) is 3.55. The molecule has 0 bridgehead atoms. The van der Waals surface area contributed by atoms with Crippen LogP contribution in [-0.4, -0.2) is 44.2 Å². The number of alkyl halides is 2. The van der Waals surface area contributed by atoms with Gasteiger partial charge in [-0.3, -0.25) is 14.9 Å². The molecule has 10 nitrogen and oxygen atoms in total. The van der Waals surface area contributed by atoms with E-state index < -0.39 is 23.5 Å². The molecule has 1 fully saturated rings. The zero-order valence-electron chi connectivity index (χ0n) is 23.8. The number of nitrogens with two attached hydrogens (primary N) is 1. The van der Waals surface area contributed by atoms with Crippen molar-refractivity contribution in [1.82, 2.24) is 14.9 Å². The van der Waals surface area contributed by atoms with Crippen molar-refractivity contribution in [2.24, 2.45) is 5.73 Å². The van der Waals surface area contributed by atoms with Gasteiger partial charge in [-0.05, 0) is 46.6 Å². The predicted molar refractivity (Wildman–Crippen MR) is 147 cm³/mol. The molecule has 12 heteroatoms. The molecule has 1 aliphatic carbocycles. The molecule has 2 heterocycles. The van der Waals surface area contributed by atoms with Crippen molar-refractivity contribution in [3.8, 4) is 11.3 Å². The molecule has 0 spiro atoms. The van der Waals surface area contributed by atoms with Gasteiger partial charge in [0.25, 0.3) is 5.91 Å². The first-order valence-electron chi connectivity index (χ1n) is 13.5. The normalized spacial score (nSPS) is 16.6. The maximum absolute atomic E-state index is 13.5. The summed E-state index contributed by atoms with van der Waals surface area (Å²) in [5.41, 5.74) is 7.02. The fraction of sp³-hybridized carbons (Fsp3) is 0.483. The quantitative estimate of drug-likeness (QED) is 0.329. The molecule has 41 heavy (non-hydrogen) atoms. The van der Waals surface area contributed by atoms with Gasteiger partial charge in [-0.2, -0.15) is 5.10 Å². The second-order valence-corrected chi connectivity index (χ2v) is 11.7. The molecule has 220 valence electrons. The van der Waals surface area contributed by atoms with Gasteiger partial charge < -0.3 is 15.0 Å². The van der Waals surface area contributed by atoms with Crippen LogP contribution in [0.25, 0.3) is 11.3 Å². The number of carbonyl (C=O) groups is 3. The van der Waals surface area contributed by atoms with Crippen LogP contribution in [0, 0.1) is 0 Å². The SMILES string of the molecule is CC(C)n1nc(-c2ccc(CC(=O)Cc3cc(C4CCC(F)(F)C4)no3)cc2)c(C(N)=O)c1NC(=O)OC(C)(C)C. The smallest absolute Gasteiger partial charge is 0.413 e. The minimum absolute atomic E-state index is 0.0117. The van der Waals surface area contributed by atoms with Crippen molar-refractivity contribution >= 4 is 23.6 Å². The highest BCUT2D eigenvalue weighted by Gasteiger charge is 2.41. The first kappa shape index (κ1) is 29.9. The Labute approximate surface area is 236 Å². The lowest BCUT2D eigenvalue weighted by Crippen LogP contribution is -2.29. The van der Waals surface area contributed by atoms with Gasteiger partial charge in [0.1, 0.15) is 34.2 Å². The molecule has 1 saturated carbocycles. The Bertz CT molecular complexity index is 1440. The van der Waals surface area contributed by atoms with E-state index in [1.165, 1.54) is 4.68 Å². The van der Waals surface area contributed by atoms with Crippen LogP contribution >= 0.6 is 0 Å². The molecular formula is C29H35F2N5O5. The summed E-state index contributed by atoms with van der Waals surface area (Å²) in [6.07, 6.45) is -0.749. The van der Waals surface area contributed by atoms with E-state index in [-0.39, 0.29) is 60.5 Å². The number of halogens is 2. The van der Waals surface area contributed by atoms with E-state index in [9.17, 15) is 23.2 Å². The first-order valence-corrected chi connectivity index (χ1v) is 13.5. The number of primary amides is 1. The van der Waals surface area contributed by atoms with Crippen LogP contribution < -0.4 is 11.1 Å². The van der Waals surface area contributed by atoms with E-state index in [0.717, 1.165) is 0 Å². The van der Waals surface area contributed by atoms with Crippen LogP contribution in [0.3, 0.4) is 0 Å². The fourth-order valence-corrected chi connectivity index (χ4v) is 4.84. The van der Waals surface area contributed by atoms with Crippen LogP contribution in [-0.2, 0) is 22.4 Å². The van der Waals surface area contributed by atoms with Crippen LogP contribution in [0.1, 0.15) is 93.2 Å². The average molecular weight is 572 g/mol. The number of hydrogen-bond donors (Lipinski definition) is 2. The Balaban J connectivity index is 1.48. The van der Waals surface area contributed by atoms with Gasteiger partial charge in [-0.1, -0.05) is 29.4 Å². The lowest BCUT2D eigenvalue weighted by Gasteiger charge is -2.20. The van der Waals surface area contributed by atoms with E-state index in [1.807, 2.05) is 13.8 Å². The second-order valence-electron chi connectivity index (χ2n) is 11.7. The highest BCUT2D eigenvalue weighted by molar-refractivity contribution is 6.06. The van der Waals surface area contributed by atoms with E-state index in [4.69, 9.17) is 15.0 Å². The van der Waals surface area contributed by atoms with Crippen molar-refractivity contribution in [3.05, 3.63) is 52.9 Å². The lowest BCUT2D eigenvalue weighted by molar-refractivity contribution is -0.118. The number of nitrogens with one attached hydrogen (secondary N) is 1. The van der Waals surface area contributed by atoms with E-state index in [2.05, 4.69) is 15.6 Å². The summed E-state index contributed by atoms with van der Waals surface area (Å²) in [6, 6.07) is 8.27. The van der Waals surface area contributed by atoms with Gasteiger partial charge >= 0.3 is 6.09 Å². The summed E-state index contributed by atoms with van der Waals surface area (Å²) in [5, 5.41) is 11.1. The molecule has 4 rings (SSSR count). The summed E-state index contributed by atoms with van der Waals surface area (Å²) in [5.74, 6) is -3.49. The molecule has 3 aromatic rings. The minimum Gasteiger partial charge on any atom is -0.444 e. The summed E-state index contributed by atoms with van der Waals surface area (Å²) in [4.78, 5) is 37.7. The maximum atomic E-state index is 13.5. The molecular weight excluding hydrogens is 536 g/mol. The Morgan fingerprint density at radius 1 is 1.20 bits per heavy atom. The van der Waals surface area contributed by atoms with Crippen LogP contribution in [0.2, 0.25) is 0 Å². The number of amides is 2. The largest absolute Gasteiger partial charge is 0.444 e. The second kappa shape index (κ2) is 11.4. The summed E-state index contributed by atoms with van der Waals surface area (Å²) >= 11 is 0. The van der Waals surface area contributed by atoms with Gasteiger partial charge in [0.15, 0.2) is 0 Å². The Kier molecular flexibility index (Phi) is 8.32. The number of nitrogens with zero attached hydrogens (tertiary/aromatic N) is 3. The zero-order chi connectivity index (χ0) is 30.1. The number of anilines is 1. The number of ketones is 1. The monoisotopic (exact) mass is 571 g/mol. The molecule has 0 aliphatic heterocycles. The topological polar surface area (TPSA) is 142 Å².